The Morgan fingerprint density at radius 2 is 0.627 bits per heavy atom. The summed E-state index contributed by atoms with van der Waals surface area (Å²) in [5.74, 6) is 1.31. The molecule has 67 heavy (non-hydrogen) atoms. The monoisotopic (exact) mass is 904 g/mol. The summed E-state index contributed by atoms with van der Waals surface area (Å²) in [5.41, 5.74) is 5.58. The van der Waals surface area contributed by atoms with Crippen LogP contribution >= 0.6 is 0 Å². The van der Waals surface area contributed by atoms with Gasteiger partial charge in [-0.1, -0.05) is 108 Å². The number of unbranched alkanes of at least 4 members (excludes halogenated alkanes) is 4. The maximum atomic E-state index is 12.8. The molecule has 6 aromatic carbocycles. The van der Waals surface area contributed by atoms with E-state index in [0.717, 1.165) is 67.2 Å². The fourth-order valence-corrected chi connectivity index (χ4v) is 6.69. The molecule has 0 saturated heterocycles. The molecule has 348 valence electrons. The highest BCUT2D eigenvalue weighted by Crippen LogP contribution is 2.26. The lowest BCUT2D eigenvalue weighted by atomic mass is 10.0. The van der Waals surface area contributed by atoms with Crippen LogP contribution in [0.3, 0.4) is 0 Å². The summed E-state index contributed by atoms with van der Waals surface area (Å²) in [6.45, 7) is 10.2. The predicted octanol–water partition coefficient (Wildman–Crippen LogP) is 13.3. The summed E-state index contributed by atoms with van der Waals surface area (Å²) in [6.07, 6.45) is 6.80. The number of esters is 4. The maximum Gasteiger partial charge on any atom is 0.343 e. The van der Waals surface area contributed by atoms with E-state index in [9.17, 15) is 19.2 Å². The van der Waals surface area contributed by atoms with Crippen molar-refractivity contribution in [1.82, 2.24) is 0 Å². The molecule has 0 unspecified atom stereocenters. The quantitative estimate of drug-likeness (QED) is 0.0329. The summed E-state index contributed by atoms with van der Waals surface area (Å²) in [5, 5.41) is 0. The molecule has 0 amide bonds. The Bertz CT molecular complexity index is 2300. The van der Waals surface area contributed by atoms with E-state index >= 15 is 0 Å². The highest BCUT2D eigenvalue weighted by molar-refractivity contribution is 5.93. The largest absolute Gasteiger partial charge is 0.494 e. The van der Waals surface area contributed by atoms with Gasteiger partial charge in [-0.05, 0) is 144 Å². The zero-order valence-electron chi connectivity index (χ0n) is 38.9. The Hall–Kier alpha value is -7.20. The number of rotatable bonds is 24. The molecule has 0 aliphatic rings. The van der Waals surface area contributed by atoms with Gasteiger partial charge < -0.3 is 28.4 Å². The SMILES string of the molecule is CC[C@H](C)COC(=O)c1ccc(-c2ccc(OC(=O)c3ccc(OCCCCCCCOc4ccc(C(=O)Oc5ccc(-c6ccc(C(=O)OC[C@@H](C)CC)cc6)cc5)cc4)cc3)cc2)cc1. The average molecular weight is 905 g/mol. The number of hydrogen-bond donors (Lipinski definition) is 0. The molecule has 10 heteroatoms. The normalized spacial score (nSPS) is 11.8. The molecular formula is C57H60O10. The Labute approximate surface area is 394 Å². The average Bonchev–Trinajstić information content (AvgIpc) is 3.37. The van der Waals surface area contributed by atoms with Crippen LogP contribution in [-0.2, 0) is 9.47 Å². The lowest BCUT2D eigenvalue weighted by Crippen LogP contribution is -2.11. The first-order valence-corrected chi connectivity index (χ1v) is 23.2. The van der Waals surface area contributed by atoms with Crippen molar-refractivity contribution in [2.45, 2.75) is 72.6 Å². The fourth-order valence-electron chi connectivity index (χ4n) is 6.69. The first-order valence-electron chi connectivity index (χ1n) is 23.2. The molecule has 6 rings (SSSR count). The topological polar surface area (TPSA) is 124 Å². The summed E-state index contributed by atoms with van der Waals surface area (Å²) in [7, 11) is 0. The minimum atomic E-state index is -0.459. The summed E-state index contributed by atoms with van der Waals surface area (Å²) in [4.78, 5) is 50.3. The summed E-state index contributed by atoms with van der Waals surface area (Å²) >= 11 is 0. The molecule has 0 heterocycles. The van der Waals surface area contributed by atoms with Crippen LogP contribution in [0.4, 0.5) is 0 Å². The first kappa shape index (κ1) is 49.2. The van der Waals surface area contributed by atoms with Crippen molar-refractivity contribution in [3.05, 3.63) is 168 Å². The van der Waals surface area contributed by atoms with Gasteiger partial charge in [0.1, 0.15) is 23.0 Å². The Kier molecular flexibility index (Phi) is 18.7. The highest BCUT2D eigenvalue weighted by Gasteiger charge is 2.14. The van der Waals surface area contributed by atoms with Gasteiger partial charge in [0.05, 0.1) is 48.7 Å². The van der Waals surface area contributed by atoms with E-state index in [1.807, 2.05) is 62.4 Å². The molecule has 10 nitrogen and oxygen atoms in total. The van der Waals surface area contributed by atoms with Crippen LogP contribution in [0, 0.1) is 11.8 Å². The van der Waals surface area contributed by atoms with E-state index in [4.69, 9.17) is 28.4 Å². The molecule has 0 aromatic heterocycles. The van der Waals surface area contributed by atoms with E-state index in [1.54, 1.807) is 97.1 Å². The van der Waals surface area contributed by atoms with Gasteiger partial charge in [-0.25, -0.2) is 19.2 Å². The van der Waals surface area contributed by atoms with Gasteiger partial charge in [-0.15, -0.1) is 0 Å². The van der Waals surface area contributed by atoms with Gasteiger partial charge in [-0.2, -0.15) is 0 Å². The number of carbonyl (C=O) groups excluding carboxylic acids is 4. The van der Waals surface area contributed by atoms with Crippen LogP contribution in [0.5, 0.6) is 23.0 Å². The van der Waals surface area contributed by atoms with E-state index < -0.39 is 11.9 Å². The van der Waals surface area contributed by atoms with E-state index in [-0.39, 0.29) is 11.9 Å². The van der Waals surface area contributed by atoms with Gasteiger partial charge in [-0.3, -0.25) is 0 Å². The summed E-state index contributed by atoms with van der Waals surface area (Å²) < 4.78 is 33.8. The number of ether oxygens (including phenoxy) is 6. The van der Waals surface area contributed by atoms with Crippen molar-refractivity contribution in [2.24, 2.45) is 11.8 Å². The fraction of sp³-hybridized carbons (Fsp3) is 0.298. The molecule has 0 bridgehead atoms. The Morgan fingerprint density at radius 3 is 0.955 bits per heavy atom. The van der Waals surface area contributed by atoms with Crippen LogP contribution in [0.15, 0.2) is 146 Å². The van der Waals surface area contributed by atoms with Crippen LogP contribution in [-0.4, -0.2) is 50.3 Å². The van der Waals surface area contributed by atoms with Crippen molar-refractivity contribution in [2.75, 3.05) is 26.4 Å². The maximum absolute atomic E-state index is 12.8. The standard InChI is InChI=1S/C57H60O10/c1-5-40(3)38-64-54(58)46-16-12-42(13-17-46)44-20-32-52(33-21-44)66-56(60)48-24-28-50(29-25-48)62-36-10-8-7-9-11-37-63-51-30-26-49(27-31-51)57(61)67-53-34-22-45(23-35-53)43-14-18-47(19-15-43)55(59)65-39-41(4)6-2/h12-35,40-41H,5-11,36-39H2,1-4H3/t40-,41-/m0/s1. The lowest BCUT2D eigenvalue weighted by molar-refractivity contribution is 0.0438. The van der Waals surface area contributed by atoms with Crippen molar-refractivity contribution >= 4 is 23.9 Å². The van der Waals surface area contributed by atoms with Gasteiger partial charge >= 0.3 is 23.9 Å². The molecule has 2 atom stereocenters. The van der Waals surface area contributed by atoms with E-state index in [0.29, 0.717) is 83.5 Å². The summed E-state index contributed by atoms with van der Waals surface area (Å²) in [6, 6.07) is 42.9. The van der Waals surface area contributed by atoms with E-state index in [1.165, 1.54) is 0 Å². The molecule has 0 fully saturated rings. The zero-order valence-corrected chi connectivity index (χ0v) is 38.9. The Balaban J connectivity index is 0.812. The second kappa shape index (κ2) is 25.5. The molecule has 0 aliphatic heterocycles. The molecular weight excluding hydrogens is 845 g/mol. The van der Waals surface area contributed by atoms with Crippen molar-refractivity contribution in [1.29, 1.82) is 0 Å². The molecule has 0 spiro atoms. The van der Waals surface area contributed by atoms with E-state index in [2.05, 4.69) is 13.8 Å². The van der Waals surface area contributed by atoms with Crippen LogP contribution in [0.1, 0.15) is 114 Å². The van der Waals surface area contributed by atoms with Crippen molar-refractivity contribution in [3.63, 3.8) is 0 Å². The first-order chi connectivity index (χ1) is 32.6. The highest BCUT2D eigenvalue weighted by atomic mass is 16.5. The van der Waals surface area contributed by atoms with Gasteiger partial charge in [0, 0.05) is 0 Å². The number of hydrogen-bond acceptors (Lipinski definition) is 10. The minimum absolute atomic E-state index is 0.323. The second-order valence-electron chi connectivity index (χ2n) is 16.7. The second-order valence-corrected chi connectivity index (χ2v) is 16.7. The molecule has 0 radical (unpaired) electrons. The third-order valence-electron chi connectivity index (χ3n) is 11.4. The smallest absolute Gasteiger partial charge is 0.343 e. The zero-order chi connectivity index (χ0) is 47.4. The third-order valence-corrected chi connectivity index (χ3v) is 11.4. The third kappa shape index (κ3) is 15.5. The van der Waals surface area contributed by atoms with Crippen molar-refractivity contribution in [3.8, 4) is 45.3 Å². The molecule has 6 aromatic rings. The number of benzene rings is 6. The minimum Gasteiger partial charge on any atom is -0.494 e. The van der Waals surface area contributed by atoms with Crippen LogP contribution < -0.4 is 18.9 Å². The Morgan fingerprint density at radius 1 is 0.358 bits per heavy atom. The van der Waals surface area contributed by atoms with Gasteiger partial charge in [0.25, 0.3) is 0 Å². The predicted molar refractivity (Wildman–Crippen MR) is 260 cm³/mol. The lowest BCUT2D eigenvalue weighted by Gasteiger charge is -2.10. The number of carbonyl (C=O) groups is 4. The molecule has 0 N–H and O–H groups in total. The molecule has 0 aliphatic carbocycles. The van der Waals surface area contributed by atoms with Gasteiger partial charge in [0.2, 0.25) is 0 Å². The van der Waals surface area contributed by atoms with Crippen LogP contribution in [0.25, 0.3) is 22.3 Å². The van der Waals surface area contributed by atoms with Gasteiger partial charge in [0.15, 0.2) is 0 Å². The van der Waals surface area contributed by atoms with Crippen molar-refractivity contribution < 1.29 is 47.6 Å². The molecule has 0 saturated carbocycles. The van der Waals surface area contributed by atoms with Crippen LogP contribution in [0.2, 0.25) is 0 Å².